The smallest absolute Gasteiger partial charge is 0.226 e. The van der Waals surface area contributed by atoms with Gasteiger partial charge in [0.2, 0.25) is 11.8 Å². The van der Waals surface area contributed by atoms with Gasteiger partial charge < -0.3 is 14.8 Å². The number of H-pyrrole nitrogens is 1. The number of piperidine rings is 1. The standard InChI is InChI=1S/C18H25N3O2/c22-17(13-5-6-13)20-11-7-14(8-12-20)18(23)21-10-2-4-16(21)15-3-1-9-19-15/h1,3,9,13-14,16,19H,2,4-8,10-12H2. The van der Waals surface area contributed by atoms with Crippen LogP contribution >= 0.6 is 0 Å². The fourth-order valence-electron chi connectivity index (χ4n) is 4.08. The molecule has 1 aromatic heterocycles. The van der Waals surface area contributed by atoms with E-state index in [4.69, 9.17) is 0 Å². The van der Waals surface area contributed by atoms with Crippen molar-refractivity contribution < 1.29 is 9.59 Å². The summed E-state index contributed by atoms with van der Waals surface area (Å²) in [6.07, 6.45) is 7.82. The summed E-state index contributed by atoms with van der Waals surface area (Å²) >= 11 is 0. The van der Waals surface area contributed by atoms with Gasteiger partial charge in [-0.1, -0.05) is 0 Å². The van der Waals surface area contributed by atoms with Crippen LogP contribution in [-0.2, 0) is 9.59 Å². The molecule has 3 aliphatic rings. The van der Waals surface area contributed by atoms with E-state index in [1.165, 1.54) is 0 Å². The quantitative estimate of drug-likeness (QED) is 0.930. The fourth-order valence-corrected chi connectivity index (χ4v) is 4.08. The molecule has 23 heavy (non-hydrogen) atoms. The molecule has 1 aliphatic carbocycles. The second-order valence-electron chi connectivity index (χ2n) is 7.19. The first-order valence-corrected chi connectivity index (χ1v) is 8.96. The highest BCUT2D eigenvalue weighted by atomic mass is 16.2. The van der Waals surface area contributed by atoms with Crippen LogP contribution in [-0.4, -0.2) is 46.2 Å². The molecule has 0 radical (unpaired) electrons. The monoisotopic (exact) mass is 315 g/mol. The Labute approximate surface area is 137 Å². The number of carbonyl (C=O) groups is 2. The van der Waals surface area contributed by atoms with Crippen molar-refractivity contribution in [2.45, 2.75) is 44.6 Å². The predicted molar refractivity (Wildman–Crippen MR) is 86.5 cm³/mol. The second kappa shape index (κ2) is 6.02. The molecule has 0 spiro atoms. The third-order valence-electron chi connectivity index (χ3n) is 5.60. The summed E-state index contributed by atoms with van der Waals surface area (Å²) in [5.74, 6) is 0.994. The van der Waals surface area contributed by atoms with Crippen LogP contribution in [0.15, 0.2) is 18.3 Å². The van der Waals surface area contributed by atoms with Crippen molar-refractivity contribution in [1.29, 1.82) is 0 Å². The van der Waals surface area contributed by atoms with Gasteiger partial charge in [-0.05, 0) is 50.7 Å². The first-order chi connectivity index (χ1) is 11.2. The average molecular weight is 315 g/mol. The number of hydrogen-bond acceptors (Lipinski definition) is 2. The van der Waals surface area contributed by atoms with Crippen molar-refractivity contribution in [3.63, 3.8) is 0 Å². The Kier molecular flexibility index (Phi) is 3.87. The van der Waals surface area contributed by atoms with Gasteiger partial charge in [-0.3, -0.25) is 9.59 Å². The van der Waals surface area contributed by atoms with Crippen LogP contribution in [0.25, 0.3) is 0 Å². The van der Waals surface area contributed by atoms with Crippen molar-refractivity contribution in [1.82, 2.24) is 14.8 Å². The van der Waals surface area contributed by atoms with Gasteiger partial charge in [0, 0.05) is 43.4 Å². The number of carbonyl (C=O) groups excluding carboxylic acids is 2. The highest BCUT2D eigenvalue weighted by molar-refractivity contribution is 5.82. The Morgan fingerprint density at radius 2 is 1.70 bits per heavy atom. The minimum absolute atomic E-state index is 0.0915. The largest absolute Gasteiger partial charge is 0.363 e. The van der Waals surface area contributed by atoms with Gasteiger partial charge in [0.15, 0.2) is 0 Å². The van der Waals surface area contributed by atoms with E-state index >= 15 is 0 Å². The van der Waals surface area contributed by atoms with Gasteiger partial charge in [0.05, 0.1) is 6.04 Å². The normalized spacial score (nSPS) is 25.8. The van der Waals surface area contributed by atoms with E-state index < -0.39 is 0 Å². The molecule has 3 heterocycles. The van der Waals surface area contributed by atoms with Gasteiger partial charge in [-0.2, -0.15) is 0 Å². The van der Waals surface area contributed by atoms with E-state index in [1.807, 2.05) is 17.2 Å². The lowest BCUT2D eigenvalue weighted by Gasteiger charge is -2.35. The lowest BCUT2D eigenvalue weighted by atomic mass is 9.94. The van der Waals surface area contributed by atoms with Crippen LogP contribution in [0, 0.1) is 11.8 Å². The van der Waals surface area contributed by atoms with Gasteiger partial charge >= 0.3 is 0 Å². The molecule has 2 aliphatic heterocycles. The van der Waals surface area contributed by atoms with E-state index in [0.29, 0.717) is 11.8 Å². The summed E-state index contributed by atoms with van der Waals surface area (Å²) in [5, 5.41) is 0. The average Bonchev–Trinajstić information content (AvgIpc) is 3.09. The van der Waals surface area contributed by atoms with Crippen molar-refractivity contribution in [2.75, 3.05) is 19.6 Å². The minimum Gasteiger partial charge on any atom is -0.363 e. The van der Waals surface area contributed by atoms with Gasteiger partial charge in [-0.25, -0.2) is 0 Å². The molecule has 1 unspecified atom stereocenters. The SMILES string of the molecule is O=C(C1CC1)N1CCC(C(=O)N2CCCC2c2ccc[nH]2)CC1. The summed E-state index contributed by atoms with van der Waals surface area (Å²) in [6.45, 7) is 2.38. The molecule has 1 atom stereocenters. The zero-order valence-electron chi connectivity index (χ0n) is 13.5. The van der Waals surface area contributed by atoms with Crippen LogP contribution in [0.4, 0.5) is 0 Å². The van der Waals surface area contributed by atoms with Crippen molar-refractivity contribution in [2.24, 2.45) is 11.8 Å². The molecule has 2 saturated heterocycles. The molecule has 2 amide bonds. The first-order valence-electron chi connectivity index (χ1n) is 8.96. The third kappa shape index (κ3) is 2.89. The van der Waals surface area contributed by atoms with E-state index in [-0.39, 0.29) is 17.9 Å². The van der Waals surface area contributed by atoms with E-state index in [0.717, 1.165) is 63.9 Å². The molecule has 0 aromatic carbocycles. The number of nitrogens with one attached hydrogen (secondary N) is 1. The maximum atomic E-state index is 12.9. The molecule has 1 N–H and O–H groups in total. The number of nitrogens with zero attached hydrogens (tertiary/aromatic N) is 2. The Bertz CT molecular complexity index is 571. The van der Waals surface area contributed by atoms with Crippen LogP contribution in [0.5, 0.6) is 0 Å². The maximum absolute atomic E-state index is 12.9. The predicted octanol–water partition coefficient (Wildman–Crippen LogP) is 2.33. The Balaban J connectivity index is 1.37. The molecule has 5 heteroatoms. The first kappa shape index (κ1) is 14.8. The fraction of sp³-hybridized carbons (Fsp3) is 0.667. The van der Waals surface area contributed by atoms with Crippen LogP contribution in [0.3, 0.4) is 0 Å². The van der Waals surface area contributed by atoms with Gasteiger partial charge in [-0.15, -0.1) is 0 Å². The highest BCUT2D eigenvalue weighted by Crippen LogP contribution is 2.35. The Morgan fingerprint density at radius 1 is 0.957 bits per heavy atom. The summed E-state index contributed by atoms with van der Waals surface area (Å²) < 4.78 is 0. The number of aromatic nitrogens is 1. The number of rotatable bonds is 3. The van der Waals surface area contributed by atoms with Crippen molar-refractivity contribution in [3.05, 3.63) is 24.0 Å². The zero-order valence-corrected chi connectivity index (χ0v) is 13.5. The van der Waals surface area contributed by atoms with Gasteiger partial charge in [0.25, 0.3) is 0 Å². The summed E-state index contributed by atoms with van der Waals surface area (Å²) in [6, 6.07) is 4.29. The van der Waals surface area contributed by atoms with Gasteiger partial charge in [0.1, 0.15) is 0 Å². The number of aromatic amines is 1. The molecule has 1 saturated carbocycles. The van der Waals surface area contributed by atoms with Crippen LogP contribution < -0.4 is 0 Å². The topological polar surface area (TPSA) is 56.4 Å². The lowest BCUT2D eigenvalue weighted by molar-refractivity contribution is -0.142. The van der Waals surface area contributed by atoms with E-state index in [2.05, 4.69) is 16.0 Å². The number of hydrogen-bond donors (Lipinski definition) is 1. The van der Waals surface area contributed by atoms with E-state index in [9.17, 15) is 9.59 Å². The summed E-state index contributed by atoms with van der Waals surface area (Å²) in [4.78, 5) is 32.4. The number of likely N-dealkylation sites (tertiary alicyclic amines) is 2. The molecule has 5 nitrogen and oxygen atoms in total. The summed E-state index contributed by atoms with van der Waals surface area (Å²) in [5.41, 5.74) is 1.15. The Morgan fingerprint density at radius 3 is 2.35 bits per heavy atom. The highest BCUT2D eigenvalue weighted by Gasteiger charge is 2.38. The molecule has 124 valence electrons. The third-order valence-corrected chi connectivity index (χ3v) is 5.60. The molecule has 1 aromatic rings. The van der Waals surface area contributed by atoms with Crippen LogP contribution in [0.1, 0.15) is 50.3 Å². The maximum Gasteiger partial charge on any atom is 0.226 e. The summed E-state index contributed by atoms with van der Waals surface area (Å²) in [7, 11) is 0. The van der Waals surface area contributed by atoms with Crippen molar-refractivity contribution >= 4 is 11.8 Å². The lowest BCUT2D eigenvalue weighted by Crippen LogP contribution is -2.44. The second-order valence-corrected chi connectivity index (χ2v) is 7.19. The Hall–Kier alpha value is -1.78. The zero-order chi connectivity index (χ0) is 15.8. The minimum atomic E-state index is 0.0915. The molecular formula is C18H25N3O2. The molecule has 4 rings (SSSR count). The number of amides is 2. The molecule has 0 bridgehead atoms. The molecular weight excluding hydrogens is 290 g/mol. The van der Waals surface area contributed by atoms with E-state index in [1.54, 1.807) is 0 Å². The van der Waals surface area contributed by atoms with Crippen molar-refractivity contribution in [3.8, 4) is 0 Å². The molecule has 3 fully saturated rings. The van der Waals surface area contributed by atoms with Crippen LogP contribution in [0.2, 0.25) is 0 Å².